The van der Waals surface area contributed by atoms with Crippen LogP contribution in [-0.4, -0.2) is 35.0 Å². The average molecular weight is 384 g/mol. The van der Waals surface area contributed by atoms with E-state index in [0.29, 0.717) is 0 Å². The molecule has 0 radical (unpaired) electrons. The number of benzene rings is 2. The van der Waals surface area contributed by atoms with Gasteiger partial charge in [-0.05, 0) is 69.0 Å². The number of amides is 1. The summed E-state index contributed by atoms with van der Waals surface area (Å²) in [6.07, 6.45) is 3.05. The van der Waals surface area contributed by atoms with E-state index in [1.54, 1.807) is 24.3 Å². The highest BCUT2D eigenvalue weighted by molar-refractivity contribution is 5.79. The van der Waals surface area contributed by atoms with Crippen LogP contribution in [0.5, 0.6) is 0 Å². The Bertz CT molecular complexity index is 865. The van der Waals surface area contributed by atoms with Gasteiger partial charge in [0, 0.05) is 17.8 Å². The largest absolute Gasteiger partial charge is 0.361 e. The van der Waals surface area contributed by atoms with Gasteiger partial charge in [0.05, 0.1) is 18.5 Å². The Balaban J connectivity index is 1.58. The summed E-state index contributed by atoms with van der Waals surface area (Å²) in [4.78, 5) is 17.4. The van der Waals surface area contributed by atoms with Crippen LogP contribution in [0.3, 0.4) is 0 Å². The van der Waals surface area contributed by atoms with Crippen molar-refractivity contribution in [1.29, 1.82) is 0 Å². The predicted octanol–water partition coefficient (Wildman–Crippen LogP) is 4.56. The lowest BCUT2D eigenvalue weighted by Crippen LogP contribution is -2.53. The Morgan fingerprint density at radius 3 is 2.54 bits per heavy atom. The molecular formula is C23H26F2N2O. The van der Waals surface area contributed by atoms with Gasteiger partial charge in [-0.15, -0.1) is 0 Å². The van der Waals surface area contributed by atoms with Gasteiger partial charge in [-0.1, -0.05) is 18.2 Å². The Kier molecular flexibility index (Phi) is 4.86. The summed E-state index contributed by atoms with van der Waals surface area (Å²) in [6, 6.07) is 13.2. The molecule has 0 aliphatic carbocycles. The third-order valence-corrected chi connectivity index (χ3v) is 6.11. The molecule has 148 valence electrons. The van der Waals surface area contributed by atoms with Crippen LogP contribution < -0.4 is 4.90 Å². The Morgan fingerprint density at radius 2 is 1.82 bits per heavy atom. The van der Waals surface area contributed by atoms with Crippen molar-refractivity contribution in [2.75, 3.05) is 11.4 Å². The minimum Gasteiger partial charge on any atom is -0.361 e. The standard InChI is InChI=1S/C23H26F2N2O/c1-23(2)15-21-20(27(23)19-6-3-5-18(25)14-19)7-4-12-26(21)22(28)13-16-8-10-17(24)11-9-16/h3,5-6,8-11,14,20-21H,4,7,12-13,15H2,1-2H3/t20-,21-/m0/s1. The summed E-state index contributed by atoms with van der Waals surface area (Å²) in [5, 5.41) is 0. The van der Waals surface area contributed by atoms with Crippen LogP contribution >= 0.6 is 0 Å². The van der Waals surface area contributed by atoms with Crippen molar-refractivity contribution in [2.45, 2.75) is 57.2 Å². The lowest BCUT2D eigenvalue weighted by Gasteiger charge is -2.42. The van der Waals surface area contributed by atoms with Gasteiger partial charge >= 0.3 is 0 Å². The van der Waals surface area contributed by atoms with Crippen LogP contribution in [-0.2, 0) is 11.2 Å². The molecular weight excluding hydrogens is 358 g/mol. The average Bonchev–Trinajstić information content (AvgIpc) is 2.93. The second-order valence-corrected chi connectivity index (χ2v) is 8.53. The van der Waals surface area contributed by atoms with Crippen LogP contribution in [0.4, 0.5) is 14.5 Å². The number of carbonyl (C=O) groups is 1. The number of likely N-dealkylation sites (tertiary alicyclic amines) is 1. The quantitative estimate of drug-likeness (QED) is 0.775. The maximum atomic E-state index is 13.9. The number of rotatable bonds is 3. The van der Waals surface area contributed by atoms with Gasteiger partial charge in [0.15, 0.2) is 0 Å². The predicted molar refractivity (Wildman–Crippen MR) is 106 cm³/mol. The normalized spacial score (nSPS) is 23.6. The highest BCUT2D eigenvalue weighted by atomic mass is 19.1. The van der Waals surface area contributed by atoms with E-state index >= 15 is 0 Å². The van der Waals surface area contributed by atoms with Crippen LogP contribution in [0, 0.1) is 11.6 Å². The summed E-state index contributed by atoms with van der Waals surface area (Å²) in [5.41, 5.74) is 1.54. The molecule has 1 amide bonds. The van der Waals surface area contributed by atoms with E-state index in [9.17, 15) is 13.6 Å². The molecule has 5 heteroatoms. The Hall–Kier alpha value is -2.43. The summed E-state index contributed by atoms with van der Waals surface area (Å²) in [7, 11) is 0. The molecule has 2 atom stereocenters. The highest BCUT2D eigenvalue weighted by Crippen LogP contribution is 2.43. The van der Waals surface area contributed by atoms with Gasteiger partial charge in [-0.3, -0.25) is 4.79 Å². The number of halogens is 2. The van der Waals surface area contributed by atoms with Gasteiger partial charge in [0.1, 0.15) is 11.6 Å². The minimum atomic E-state index is -0.294. The molecule has 0 N–H and O–H groups in total. The first-order chi connectivity index (χ1) is 13.3. The van der Waals surface area contributed by atoms with E-state index in [4.69, 9.17) is 0 Å². The first-order valence-corrected chi connectivity index (χ1v) is 9.94. The number of piperidine rings is 1. The van der Waals surface area contributed by atoms with Gasteiger partial charge in [-0.2, -0.15) is 0 Å². The maximum absolute atomic E-state index is 13.9. The fourth-order valence-electron chi connectivity index (χ4n) is 5.00. The van der Waals surface area contributed by atoms with Gasteiger partial charge in [-0.25, -0.2) is 8.78 Å². The third-order valence-electron chi connectivity index (χ3n) is 6.11. The van der Waals surface area contributed by atoms with Crippen LogP contribution in [0.25, 0.3) is 0 Å². The Labute approximate surface area is 165 Å². The van der Waals surface area contributed by atoms with Gasteiger partial charge in [0.2, 0.25) is 5.91 Å². The lowest BCUT2D eigenvalue weighted by molar-refractivity contribution is -0.134. The molecule has 4 rings (SSSR count). The van der Waals surface area contributed by atoms with Crippen molar-refractivity contribution >= 4 is 11.6 Å². The molecule has 2 aromatic carbocycles. The zero-order chi connectivity index (χ0) is 19.9. The first kappa shape index (κ1) is 18.9. The topological polar surface area (TPSA) is 23.6 Å². The second kappa shape index (κ2) is 7.19. The fourth-order valence-corrected chi connectivity index (χ4v) is 5.00. The van der Waals surface area contributed by atoms with Crippen LogP contribution in [0.15, 0.2) is 48.5 Å². The molecule has 28 heavy (non-hydrogen) atoms. The fraction of sp³-hybridized carbons (Fsp3) is 0.435. The summed E-state index contributed by atoms with van der Waals surface area (Å²) >= 11 is 0. The van der Waals surface area contributed by atoms with Gasteiger partial charge < -0.3 is 9.80 Å². The SMILES string of the molecule is CC1(C)C[C@H]2[C@H](CCCN2C(=O)Cc2ccc(F)cc2)N1c1cccc(F)c1. The van der Waals surface area contributed by atoms with Crippen LogP contribution in [0.1, 0.15) is 38.7 Å². The van der Waals surface area contributed by atoms with E-state index in [0.717, 1.165) is 37.1 Å². The zero-order valence-corrected chi connectivity index (χ0v) is 16.4. The second-order valence-electron chi connectivity index (χ2n) is 8.53. The highest BCUT2D eigenvalue weighted by Gasteiger charge is 2.50. The number of hydrogen-bond donors (Lipinski definition) is 0. The number of nitrogens with zero attached hydrogens (tertiary/aromatic N) is 2. The number of carbonyl (C=O) groups excluding carboxylic acids is 1. The van der Waals surface area contributed by atoms with Crippen molar-refractivity contribution in [2.24, 2.45) is 0 Å². The molecule has 0 saturated carbocycles. The van der Waals surface area contributed by atoms with E-state index in [1.165, 1.54) is 18.2 Å². The summed E-state index contributed by atoms with van der Waals surface area (Å²) in [5.74, 6) is -0.451. The molecule has 2 aromatic rings. The molecule has 0 aromatic heterocycles. The minimum absolute atomic E-state index is 0.0817. The smallest absolute Gasteiger partial charge is 0.227 e. The van der Waals surface area contributed by atoms with Gasteiger partial charge in [0.25, 0.3) is 0 Å². The Morgan fingerprint density at radius 1 is 1.07 bits per heavy atom. The summed E-state index contributed by atoms with van der Waals surface area (Å²) < 4.78 is 27.0. The molecule has 0 unspecified atom stereocenters. The molecule has 3 nitrogen and oxygen atoms in total. The van der Waals surface area contributed by atoms with Crippen molar-refractivity contribution in [1.82, 2.24) is 4.90 Å². The van der Waals surface area contributed by atoms with E-state index in [1.807, 2.05) is 11.0 Å². The molecule has 2 aliphatic heterocycles. The third kappa shape index (κ3) is 3.50. The van der Waals surface area contributed by atoms with E-state index in [-0.39, 0.29) is 41.6 Å². The summed E-state index contributed by atoms with van der Waals surface area (Å²) in [6.45, 7) is 5.08. The monoisotopic (exact) mass is 384 g/mol. The van der Waals surface area contributed by atoms with Crippen LogP contribution in [0.2, 0.25) is 0 Å². The lowest BCUT2D eigenvalue weighted by atomic mass is 9.93. The maximum Gasteiger partial charge on any atom is 0.227 e. The van der Waals surface area contributed by atoms with Crippen molar-refractivity contribution in [3.05, 3.63) is 65.7 Å². The molecule has 2 aliphatic rings. The number of fused-ring (bicyclic) bond motifs is 1. The molecule has 2 heterocycles. The van der Waals surface area contributed by atoms with Crippen molar-refractivity contribution < 1.29 is 13.6 Å². The van der Waals surface area contributed by atoms with E-state index in [2.05, 4.69) is 18.7 Å². The molecule has 0 bridgehead atoms. The zero-order valence-electron chi connectivity index (χ0n) is 16.4. The number of hydrogen-bond acceptors (Lipinski definition) is 2. The van der Waals surface area contributed by atoms with E-state index < -0.39 is 0 Å². The van der Waals surface area contributed by atoms with Crippen molar-refractivity contribution in [3.8, 4) is 0 Å². The molecule has 0 spiro atoms. The molecule has 2 saturated heterocycles. The molecule has 2 fully saturated rings. The first-order valence-electron chi connectivity index (χ1n) is 9.94. The number of anilines is 1. The van der Waals surface area contributed by atoms with Crippen molar-refractivity contribution in [3.63, 3.8) is 0 Å².